The number of fused-ring (bicyclic) bond motifs is 1. The highest BCUT2D eigenvalue weighted by atomic mass is 32.2. The zero-order chi connectivity index (χ0) is 24.3. The minimum absolute atomic E-state index is 0.172. The molecule has 1 N–H and O–H groups in total. The van der Waals surface area contributed by atoms with E-state index in [1.807, 2.05) is 32.0 Å². The van der Waals surface area contributed by atoms with E-state index >= 15 is 0 Å². The lowest BCUT2D eigenvalue weighted by Gasteiger charge is -2.33. The summed E-state index contributed by atoms with van der Waals surface area (Å²) in [6, 6.07) is 12.5. The van der Waals surface area contributed by atoms with E-state index in [4.69, 9.17) is 9.47 Å². The van der Waals surface area contributed by atoms with Crippen LogP contribution in [0.1, 0.15) is 32.3 Å². The number of hydrogen-bond acceptors (Lipinski definition) is 6. The van der Waals surface area contributed by atoms with E-state index in [1.54, 1.807) is 37.4 Å². The number of anilines is 1. The van der Waals surface area contributed by atoms with E-state index in [0.29, 0.717) is 50.6 Å². The Labute approximate surface area is 200 Å². The molecule has 1 aliphatic heterocycles. The van der Waals surface area contributed by atoms with Crippen LogP contribution >= 0.6 is 0 Å². The molecule has 0 amide bonds. The maximum absolute atomic E-state index is 13.8. The van der Waals surface area contributed by atoms with Crippen molar-refractivity contribution in [2.45, 2.75) is 43.4 Å². The number of aromatic nitrogens is 1. The molecule has 0 aliphatic carbocycles. The molecule has 34 heavy (non-hydrogen) atoms. The Morgan fingerprint density at radius 1 is 1.06 bits per heavy atom. The number of esters is 1. The van der Waals surface area contributed by atoms with Crippen LogP contribution in [0.4, 0.5) is 5.69 Å². The molecule has 0 bridgehead atoms. The number of aryl methyl sites for hydroxylation is 1. The van der Waals surface area contributed by atoms with Gasteiger partial charge in [0.05, 0.1) is 35.1 Å². The number of sulfone groups is 1. The molecule has 2 aromatic carbocycles. The summed E-state index contributed by atoms with van der Waals surface area (Å²) >= 11 is 0. The molecule has 1 saturated heterocycles. The summed E-state index contributed by atoms with van der Waals surface area (Å²) in [7, 11) is -3.80. The monoisotopic (exact) mass is 483 g/mol. The number of pyridine rings is 1. The largest absolute Gasteiger partial charge is 0.494 e. The van der Waals surface area contributed by atoms with Crippen molar-refractivity contribution in [3.8, 4) is 5.75 Å². The second kappa shape index (κ2) is 10.0. The molecule has 0 radical (unpaired) electrons. The third-order valence-electron chi connectivity index (χ3n) is 6.20. The number of hydrogen-bond donors (Lipinski definition) is 0. The summed E-state index contributed by atoms with van der Waals surface area (Å²) in [5.74, 6) is 0.323. The van der Waals surface area contributed by atoms with Gasteiger partial charge in [0.15, 0.2) is 11.1 Å². The number of nitrogens with one attached hydrogen (secondary N) is 1. The molecule has 7 nitrogen and oxygen atoms in total. The Kier molecular flexibility index (Phi) is 7.07. The first-order valence-electron chi connectivity index (χ1n) is 11.7. The quantitative estimate of drug-likeness (QED) is 0.473. The summed E-state index contributed by atoms with van der Waals surface area (Å²) < 4.78 is 38.5. The summed E-state index contributed by atoms with van der Waals surface area (Å²) in [6.07, 6.45) is 2.78. The van der Waals surface area contributed by atoms with Crippen LogP contribution in [-0.4, -0.2) is 40.7 Å². The molecule has 4 rings (SSSR count). The van der Waals surface area contributed by atoms with E-state index in [2.05, 4.69) is 9.88 Å². The van der Waals surface area contributed by atoms with Crippen molar-refractivity contribution in [2.24, 2.45) is 5.92 Å². The number of carbonyl (C=O) groups excluding carboxylic acids is 1. The maximum atomic E-state index is 13.8. The molecule has 0 unspecified atom stereocenters. The van der Waals surface area contributed by atoms with Gasteiger partial charge in [0.2, 0.25) is 15.4 Å². The van der Waals surface area contributed by atoms with Gasteiger partial charge in [0, 0.05) is 19.2 Å². The fourth-order valence-corrected chi connectivity index (χ4v) is 5.88. The Morgan fingerprint density at radius 3 is 2.41 bits per heavy atom. The molecule has 0 spiro atoms. The van der Waals surface area contributed by atoms with Gasteiger partial charge in [-0.3, -0.25) is 4.79 Å². The SMILES string of the molecule is CCOC(=O)C1CCN(c2c(S(=O)(=O)c3ccc(C)cc3)c[nH+]c3ccc(OCC)cc23)CC1. The number of piperidine rings is 1. The Bertz CT molecular complexity index is 1280. The van der Waals surface area contributed by atoms with Crippen LogP contribution in [0.3, 0.4) is 0 Å². The number of benzene rings is 2. The minimum Gasteiger partial charge on any atom is -0.494 e. The van der Waals surface area contributed by atoms with Gasteiger partial charge in [-0.2, -0.15) is 0 Å². The molecule has 1 aliphatic rings. The minimum atomic E-state index is -3.80. The molecule has 0 saturated carbocycles. The molecular weight excluding hydrogens is 452 g/mol. The number of aromatic amines is 1. The summed E-state index contributed by atoms with van der Waals surface area (Å²) in [4.78, 5) is 17.9. The lowest BCUT2D eigenvalue weighted by molar-refractivity contribution is -0.347. The van der Waals surface area contributed by atoms with Gasteiger partial charge in [-0.1, -0.05) is 17.7 Å². The van der Waals surface area contributed by atoms with Crippen molar-refractivity contribution in [1.29, 1.82) is 0 Å². The third-order valence-corrected chi connectivity index (χ3v) is 7.98. The van der Waals surface area contributed by atoms with Gasteiger partial charge >= 0.3 is 5.97 Å². The average molecular weight is 484 g/mol. The number of nitrogens with zero attached hydrogens (tertiary/aromatic N) is 1. The highest BCUT2D eigenvalue weighted by molar-refractivity contribution is 7.91. The van der Waals surface area contributed by atoms with Crippen molar-refractivity contribution in [3.63, 3.8) is 0 Å². The van der Waals surface area contributed by atoms with E-state index in [0.717, 1.165) is 16.5 Å². The lowest BCUT2D eigenvalue weighted by atomic mass is 9.96. The average Bonchev–Trinajstić information content (AvgIpc) is 2.84. The molecule has 2 heterocycles. The van der Waals surface area contributed by atoms with E-state index in [-0.39, 0.29) is 21.7 Å². The number of ether oxygens (including phenoxy) is 2. The fourth-order valence-electron chi connectivity index (χ4n) is 4.42. The van der Waals surface area contributed by atoms with Crippen LogP contribution in [-0.2, 0) is 19.4 Å². The molecule has 3 aromatic rings. The summed E-state index contributed by atoms with van der Waals surface area (Å²) in [6.45, 7) is 7.62. The Hall–Kier alpha value is -3.13. The standard InChI is InChI=1S/C26H30N2O5S/c1-4-32-20-8-11-23-22(16-20)25(28-14-12-19(13-15-28)26(29)33-5-2)24(17-27-23)34(30,31)21-9-6-18(3)7-10-21/h6-11,16-17,19H,4-5,12-15H2,1-3H3/p+1. The maximum Gasteiger partial charge on any atom is 0.309 e. The van der Waals surface area contributed by atoms with Crippen molar-refractivity contribution in [2.75, 3.05) is 31.2 Å². The Morgan fingerprint density at radius 2 is 1.76 bits per heavy atom. The van der Waals surface area contributed by atoms with Crippen LogP contribution < -0.4 is 14.6 Å². The zero-order valence-corrected chi connectivity index (χ0v) is 20.7. The third kappa shape index (κ3) is 4.73. The van der Waals surface area contributed by atoms with Crippen LogP contribution in [0.5, 0.6) is 5.75 Å². The van der Waals surface area contributed by atoms with E-state index in [9.17, 15) is 13.2 Å². The highest BCUT2D eigenvalue weighted by Crippen LogP contribution is 2.38. The van der Waals surface area contributed by atoms with E-state index in [1.165, 1.54) is 0 Å². The summed E-state index contributed by atoms with van der Waals surface area (Å²) in [5, 5.41) is 0.772. The predicted octanol–water partition coefficient (Wildman–Crippen LogP) is 3.97. The first kappa shape index (κ1) is 24.0. The second-order valence-corrected chi connectivity index (χ2v) is 10.4. The molecule has 1 fully saturated rings. The van der Waals surface area contributed by atoms with Crippen LogP contribution in [0, 0.1) is 12.8 Å². The van der Waals surface area contributed by atoms with Gasteiger partial charge in [-0.05, 0) is 57.9 Å². The van der Waals surface area contributed by atoms with Crippen LogP contribution in [0.25, 0.3) is 10.9 Å². The van der Waals surface area contributed by atoms with Gasteiger partial charge < -0.3 is 14.4 Å². The second-order valence-electron chi connectivity index (χ2n) is 8.47. The molecule has 8 heteroatoms. The van der Waals surface area contributed by atoms with Gasteiger partial charge in [-0.15, -0.1) is 0 Å². The Balaban J connectivity index is 1.82. The highest BCUT2D eigenvalue weighted by Gasteiger charge is 2.33. The fraction of sp³-hybridized carbons (Fsp3) is 0.385. The van der Waals surface area contributed by atoms with E-state index < -0.39 is 9.84 Å². The topological polar surface area (TPSA) is 87.0 Å². The zero-order valence-electron chi connectivity index (χ0n) is 19.8. The smallest absolute Gasteiger partial charge is 0.309 e. The molecule has 0 atom stereocenters. The van der Waals surface area contributed by atoms with Crippen LogP contribution in [0.2, 0.25) is 0 Å². The number of rotatable bonds is 7. The lowest BCUT2D eigenvalue weighted by Crippen LogP contribution is -2.38. The number of carbonyl (C=O) groups is 1. The predicted molar refractivity (Wildman–Crippen MR) is 130 cm³/mol. The first-order chi connectivity index (χ1) is 16.3. The van der Waals surface area contributed by atoms with Crippen molar-refractivity contribution >= 4 is 32.4 Å². The van der Waals surface area contributed by atoms with Gasteiger partial charge in [0.25, 0.3) is 0 Å². The number of H-pyrrole nitrogens is 1. The first-order valence-corrected chi connectivity index (χ1v) is 13.2. The van der Waals surface area contributed by atoms with Crippen molar-refractivity contribution < 1.29 is 27.7 Å². The van der Waals surface area contributed by atoms with Crippen molar-refractivity contribution in [1.82, 2.24) is 0 Å². The van der Waals surface area contributed by atoms with Gasteiger partial charge in [0.1, 0.15) is 5.75 Å². The van der Waals surface area contributed by atoms with Crippen molar-refractivity contribution in [3.05, 3.63) is 54.2 Å². The van der Waals surface area contributed by atoms with Crippen LogP contribution in [0.15, 0.2) is 58.5 Å². The summed E-state index contributed by atoms with van der Waals surface area (Å²) in [5.41, 5.74) is 2.44. The normalized spacial score (nSPS) is 14.9. The van der Waals surface area contributed by atoms with Gasteiger partial charge in [-0.25, -0.2) is 13.4 Å². The molecule has 1 aromatic heterocycles. The molecule has 180 valence electrons. The molecular formula is C26H31N2O5S+.